The van der Waals surface area contributed by atoms with Crippen molar-refractivity contribution >= 4 is 5.97 Å². The lowest BCUT2D eigenvalue weighted by Gasteiger charge is -2.20. The maximum Gasteiger partial charge on any atom is 0.327 e. The molecule has 0 bridgehead atoms. The Kier molecular flexibility index (Phi) is 5.09. The van der Waals surface area contributed by atoms with Crippen LogP contribution in [0.5, 0.6) is 5.75 Å². The average Bonchev–Trinajstić information content (AvgIpc) is 2.29. The molecule has 0 spiro atoms. The van der Waals surface area contributed by atoms with Crippen LogP contribution in [0.1, 0.15) is 32.4 Å². The van der Waals surface area contributed by atoms with Crippen molar-refractivity contribution in [1.82, 2.24) is 5.32 Å². The Balaban J connectivity index is 3.08. The molecule has 5 heteroatoms. The number of ether oxygens (including phenoxy) is 1. The fourth-order valence-corrected chi connectivity index (χ4v) is 1.60. The van der Waals surface area contributed by atoms with E-state index < -0.39 is 17.8 Å². The molecule has 18 heavy (non-hydrogen) atoms. The van der Waals surface area contributed by atoms with Crippen molar-refractivity contribution in [3.8, 4) is 5.75 Å². The molecular formula is C13H18FNO3. The topological polar surface area (TPSA) is 58.6 Å². The molecule has 0 aliphatic carbocycles. The van der Waals surface area contributed by atoms with E-state index in [1.807, 2.05) is 13.8 Å². The molecule has 0 heterocycles. The van der Waals surface area contributed by atoms with E-state index in [1.54, 1.807) is 6.92 Å². The Hall–Kier alpha value is -1.62. The lowest BCUT2D eigenvalue weighted by Crippen LogP contribution is -2.35. The van der Waals surface area contributed by atoms with Gasteiger partial charge in [0.05, 0.1) is 6.61 Å². The van der Waals surface area contributed by atoms with Gasteiger partial charge >= 0.3 is 5.97 Å². The zero-order valence-electron chi connectivity index (χ0n) is 10.7. The van der Waals surface area contributed by atoms with E-state index in [1.165, 1.54) is 6.07 Å². The minimum atomic E-state index is -0.874. The average molecular weight is 255 g/mol. The molecule has 0 amide bonds. The van der Waals surface area contributed by atoms with Crippen LogP contribution in [-0.4, -0.2) is 23.7 Å². The Morgan fingerprint density at radius 3 is 2.72 bits per heavy atom. The molecule has 2 N–H and O–H groups in total. The number of phenolic OH excluding ortho intramolecular Hbond substituents is 1. The summed E-state index contributed by atoms with van der Waals surface area (Å²) in [5.41, 5.74) is 0.183. The number of phenols is 1. The van der Waals surface area contributed by atoms with Crippen LogP contribution < -0.4 is 5.32 Å². The van der Waals surface area contributed by atoms with Crippen LogP contribution in [0.2, 0.25) is 0 Å². The highest BCUT2D eigenvalue weighted by Crippen LogP contribution is 2.26. The first kappa shape index (κ1) is 14.4. The number of aromatic hydroxyl groups is 1. The standard InChI is InChI=1S/C13H18FNO3/c1-4-18-13(17)12(15-8(2)3)10-7-9(14)5-6-11(10)16/h5-8,12,15-16H,4H2,1-3H3. The Labute approximate surface area is 106 Å². The molecule has 0 aliphatic rings. The lowest BCUT2D eigenvalue weighted by molar-refractivity contribution is -0.146. The summed E-state index contributed by atoms with van der Waals surface area (Å²) in [5.74, 6) is -1.18. The smallest absolute Gasteiger partial charge is 0.327 e. The highest BCUT2D eigenvalue weighted by Gasteiger charge is 2.25. The predicted octanol–water partition coefficient (Wildman–Crippen LogP) is 2.13. The first-order chi connectivity index (χ1) is 8.45. The monoisotopic (exact) mass is 255 g/mol. The van der Waals surface area contributed by atoms with Crippen LogP contribution in [0.25, 0.3) is 0 Å². The van der Waals surface area contributed by atoms with Gasteiger partial charge in [0.2, 0.25) is 0 Å². The molecule has 1 aromatic carbocycles. The van der Waals surface area contributed by atoms with Crippen molar-refractivity contribution in [2.75, 3.05) is 6.61 Å². The Bertz CT molecular complexity index is 421. The van der Waals surface area contributed by atoms with E-state index in [9.17, 15) is 14.3 Å². The first-order valence-electron chi connectivity index (χ1n) is 5.86. The maximum atomic E-state index is 13.2. The second-order valence-corrected chi connectivity index (χ2v) is 4.21. The minimum Gasteiger partial charge on any atom is -0.508 e. The molecule has 0 aromatic heterocycles. The molecule has 1 rings (SSSR count). The summed E-state index contributed by atoms with van der Waals surface area (Å²) in [5, 5.41) is 12.7. The third kappa shape index (κ3) is 3.70. The molecule has 0 saturated heterocycles. The van der Waals surface area contributed by atoms with Gasteiger partial charge in [-0.25, -0.2) is 9.18 Å². The van der Waals surface area contributed by atoms with Gasteiger partial charge in [0.15, 0.2) is 0 Å². The summed E-state index contributed by atoms with van der Waals surface area (Å²) in [4.78, 5) is 11.8. The van der Waals surface area contributed by atoms with Gasteiger partial charge in [-0.3, -0.25) is 5.32 Å². The quantitative estimate of drug-likeness (QED) is 0.791. The summed E-state index contributed by atoms with van der Waals surface area (Å²) in [7, 11) is 0. The molecule has 0 fully saturated rings. The lowest BCUT2D eigenvalue weighted by atomic mass is 10.0. The van der Waals surface area contributed by atoms with Crippen molar-refractivity contribution in [3.05, 3.63) is 29.6 Å². The third-order valence-electron chi connectivity index (χ3n) is 2.32. The molecule has 0 saturated carbocycles. The number of hydrogen-bond acceptors (Lipinski definition) is 4. The largest absolute Gasteiger partial charge is 0.508 e. The number of esters is 1. The van der Waals surface area contributed by atoms with Gasteiger partial charge in [-0.05, 0) is 39.0 Å². The molecule has 0 radical (unpaired) electrons. The second kappa shape index (κ2) is 6.35. The molecule has 1 unspecified atom stereocenters. The van der Waals surface area contributed by atoms with Crippen molar-refractivity contribution in [2.24, 2.45) is 0 Å². The summed E-state index contributed by atoms with van der Waals surface area (Å²) in [6, 6.07) is 2.60. The van der Waals surface area contributed by atoms with Crippen molar-refractivity contribution in [3.63, 3.8) is 0 Å². The van der Waals surface area contributed by atoms with Crippen molar-refractivity contribution < 1.29 is 19.0 Å². The number of carbonyl (C=O) groups is 1. The van der Waals surface area contributed by atoms with Gasteiger partial charge in [-0.2, -0.15) is 0 Å². The summed E-state index contributed by atoms with van der Waals surface area (Å²) in [6.45, 7) is 5.62. The molecule has 1 atom stereocenters. The van der Waals surface area contributed by atoms with E-state index in [2.05, 4.69) is 5.32 Å². The van der Waals surface area contributed by atoms with Crippen molar-refractivity contribution in [2.45, 2.75) is 32.9 Å². The summed E-state index contributed by atoms with van der Waals surface area (Å²) < 4.78 is 18.1. The minimum absolute atomic E-state index is 0.0120. The van der Waals surface area contributed by atoms with Crippen LogP contribution in [0.3, 0.4) is 0 Å². The van der Waals surface area contributed by atoms with Crippen LogP contribution in [-0.2, 0) is 9.53 Å². The van der Waals surface area contributed by atoms with E-state index >= 15 is 0 Å². The van der Waals surface area contributed by atoms with E-state index in [0.717, 1.165) is 12.1 Å². The highest BCUT2D eigenvalue weighted by atomic mass is 19.1. The SMILES string of the molecule is CCOC(=O)C(NC(C)C)c1cc(F)ccc1O. The van der Waals surface area contributed by atoms with Gasteiger partial charge in [-0.1, -0.05) is 0 Å². The molecule has 1 aromatic rings. The Morgan fingerprint density at radius 2 is 2.17 bits per heavy atom. The van der Waals surface area contributed by atoms with Crippen molar-refractivity contribution in [1.29, 1.82) is 0 Å². The van der Waals surface area contributed by atoms with Crippen LogP contribution in [0.4, 0.5) is 4.39 Å². The number of halogens is 1. The molecule has 100 valence electrons. The van der Waals surface area contributed by atoms with Gasteiger partial charge in [0, 0.05) is 11.6 Å². The maximum absolute atomic E-state index is 13.2. The molecule has 0 aliphatic heterocycles. The zero-order valence-corrected chi connectivity index (χ0v) is 10.7. The second-order valence-electron chi connectivity index (χ2n) is 4.21. The van der Waals surface area contributed by atoms with Gasteiger partial charge in [-0.15, -0.1) is 0 Å². The fourth-order valence-electron chi connectivity index (χ4n) is 1.60. The summed E-state index contributed by atoms with van der Waals surface area (Å²) >= 11 is 0. The number of nitrogens with one attached hydrogen (secondary N) is 1. The van der Waals surface area contributed by atoms with E-state index in [4.69, 9.17) is 4.74 Å². The number of benzene rings is 1. The van der Waals surface area contributed by atoms with E-state index in [-0.39, 0.29) is 24.0 Å². The van der Waals surface area contributed by atoms with Gasteiger partial charge < -0.3 is 9.84 Å². The molecule has 4 nitrogen and oxygen atoms in total. The van der Waals surface area contributed by atoms with E-state index in [0.29, 0.717) is 0 Å². The first-order valence-corrected chi connectivity index (χ1v) is 5.86. The molecular weight excluding hydrogens is 237 g/mol. The van der Waals surface area contributed by atoms with Gasteiger partial charge in [0.1, 0.15) is 17.6 Å². The number of rotatable bonds is 5. The number of hydrogen-bond donors (Lipinski definition) is 2. The van der Waals surface area contributed by atoms with Crippen LogP contribution in [0, 0.1) is 5.82 Å². The number of carbonyl (C=O) groups excluding carboxylic acids is 1. The van der Waals surface area contributed by atoms with Crippen LogP contribution in [0.15, 0.2) is 18.2 Å². The van der Waals surface area contributed by atoms with Gasteiger partial charge in [0.25, 0.3) is 0 Å². The normalized spacial score (nSPS) is 12.5. The predicted molar refractivity (Wildman–Crippen MR) is 65.7 cm³/mol. The summed E-state index contributed by atoms with van der Waals surface area (Å²) in [6.07, 6.45) is 0. The third-order valence-corrected chi connectivity index (χ3v) is 2.32. The van der Waals surface area contributed by atoms with Crippen LogP contribution >= 0.6 is 0 Å². The fraction of sp³-hybridized carbons (Fsp3) is 0.462. The highest BCUT2D eigenvalue weighted by molar-refractivity contribution is 5.78. The zero-order chi connectivity index (χ0) is 13.7. The Morgan fingerprint density at radius 1 is 1.50 bits per heavy atom.